The van der Waals surface area contributed by atoms with E-state index < -0.39 is 66.1 Å². The number of hydrogen-bond acceptors (Lipinski definition) is 10. The number of thiazole rings is 1. The molecule has 1 atom stereocenters. The molecule has 6 rings (SSSR count). The van der Waals surface area contributed by atoms with Crippen LogP contribution in [0.1, 0.15) is 59.3 Å². The van der Waals surface area contributed by atoms with E-state index in [4.69, 9.17) is 9.85 Å². The first-order chi connectivity index (χ1) is 22.2. The van der Waals surface area contributed by atoms with Gasteiger partial charge in [0.1, 0.15) is 33.6 Å². The molecule has 0 saturated heterocycles. The zero-order valence-corrected chi connectivity index (χ0v) is 24.4. The van der Waals surface area contributed by atoms with Crippen molar-refractivity contribution in [2.24, 2.45) is 18.3 Å². The molecule has 0 spiro atoms. The lowest BCUT2D eigenvalue weighted by molar-refractivity contribution is -0.284. The van der Waals surface area contributed by atoms with Crippen LogP contribution in [-0.2, 0) is 34.8 Å². The van der Waals surface area contributed by atoms with Gasteiger partial charge in [-0.05, 0) is 32.6 Å². The number of aliphatic carboxylic acids is 1. The molecule has 4 N–H and O–H groups in total. The van der Waals surface area contributed by atoms with Crippen LogP contribution >= 0.6 is 11.3 Å². The first kappa shape index (κ1) is 27.0. The van der Waals surface area contributed by atoms with Gasteiger partial charge in [0.2, 0.25) is 5.91 Å². The summed E-state index contributed by atoms with van der Waals surface area (Å²) in [7, 11) is 0. The van der Waals surface area contributed by atoms with Crippen molar-refractivity contribution in [1.29, 1.82) is 0 Å². The second-order valence-corrected chi connectivity index (χ2v) is 12.5. The van der Waals surface area contributed by atoms with Crippen LogP contribution in [-0.4, -0.2) is 63.8 Å². The first-order valence-electron chi connectivity index (χ1n) is 15.0. The number of nitrogens with zero attached hydrogens (tertiary/aromatic N) is 7. The molecule has 0 aromatic carbocycles. The summed E-state index contributed by atoms with van der Waals surface area (Å²) in [5.74, 6) is -7.95. The number of aromatic nitrogens is 7. The van der Waals surface area contributed by atoms with Crippen LogP contribution in [0.25, 0.3) is 22.6 Å². The van der Waals surface area contributed by atoms with Gasteiger partial charge in [-0.1, -0.05) is 0 Å². The van der Waals surface area contributed by atoms with Crippen LogP contribution < -0.4 is 11.1 Å². The molecular weight excluding hydrogens is 625 g/mol. The molecule has 4 aromatic rings. The highest BCUT2D eigenvalue weighted by Crippen LogP contribution is 2.58. The topological polar surface area (TPSA) is 175 Å². The average molecular weight is 655 g/mol. The molecule has 1 fully saturated rings. The van der Waals surface area contributed by atoms with Crippen molar-refractivity contribution in [2.45, 2.75) is 63.5 Å². The summed E-state index contributed by atoms with van der Waals surface area (Å²) in [5.41, 5.74) is 3.96. The van der Waals surface area contributed by atoms with Crippen LogP contribution in [0.3, 0.4) is 0 Å². The average Bonchev–Trinajstić information content (AvgIpc) is 3.41. The lowest BCUT2D eigenvalue weighted by Crippen LogP contribution is -2.38. The number of nitrogens with one attached hydrogen (secondary N) is 1. The van der Waals surface area contributed by atoms with E-state index in [9.17, 15) is 36.6 Å². The number of halogens is 5. The molecular formula is C27H26F5N9O3S. The van der Waals surface area contributed by atoms with Crippen molar-refractivity contribution < 1.29 is 40.8 Å². The van der Waals surface area contributed by atoms with Crippen molar-refractivity contribution in [3.8, 4) is 11.5 Å². The van der Waals surface area contributed by atoms with E-state index >= 15 is 0 Å². The predicted octanol–water partition coefficient (Wildman–Crippen LogP) is 4.29. The molecule has 1 aliphatic heterocycles. The fraction of sp³-hybridized carbons (Fsp3) is 0.481. The number of anilines is 2. The molecule has 1 unspecified atom stereocenters. The smallest absolute Gasteiger partial charge is 0.453 e. The number of carboxylic acid groups (broad SMARTS) is 1. The van der Waals surface area contributed by atoms with Gasteiger partial charge >= 0.3 is 18.1 Å². The van der Waals surface area contributed by atoms with E-state index in [0.717, 1.165) is 17.5 Å². The number of carbonyl (C=O) groups is 2. The Kier molecular flexibility index (Phi) is 6.05. The Labute approximate surface area is 259 Å². The van der Waals surface area contributed by atoms with Crippen molar-refractivity contribution >= 4 is 45.9 Å². The highest BCUT2D eigenvalue weighted by molar-refractivity contribution is 7.10. The summed E-state index contributed by atoms with van der Waals surface area (Å²) in [6.07, 6.45) is -6.16. The van der Waals surface area contributed by atoms with Crippen LogP contribution in [0.4, 0.5) is 33.6 Å². The summed E-state index contributed by atoms with van der Waals surface area (Å²) < 4.78 is 90.1. The van der Waals surface area contributed by atoms with Gasteiger partial charge in [0.05, 0.1) is 28.3 Å². The Morgan fingerprint density at radius 2 is 1.93 bits per heavy atom. The molecule has 5 heterocycles. The standard InChI is InChI=1S/C27H26F5N9O3S/c1-24(2,23(43)44)8-12-10-45-22(35-12)26(11-4-5-11)15-17(33)38-19(39-18(15)40-21(26)42)16-13-9-34-41(3)20(13)37-14(36-16)6-7-25(28,29)27(30,31)32/h9-11H,4-8H2,1-3H3,(H,43,44)(H3,33,38,39,40,42)/i3D3. The van der Waals surface area contributed by atoms with Crippen LogP contribution in [0.5, 0.6) is 0 Å². The van der Waals surface area contributed by atoms with Crippen molar-refractivity contribution in [1.82, 2.24) is 34.7 Å². The lowest BCUT2D eigenvalue weighted by Gasteiger charge is -2.25. The molecule has 1 saturated carbocycles. The zero-order chi connectivity index (χ0) is 35.2. The lowest BCUT2D eigenvalue weighted by atomic mass is 9.78. The normalized spacial score (nSPS) is 20.1. The van der Waals surface area contributed by atoms with Gasteiger partial charge in [-0.15, -0.1) is 11.3 Å². The van der Waals surface area contributed by atoms with E-state index in [1.807, 2.05) is 0 Å². The van der Waals surface area contributed by atoms with Gasteiger partial charge in [-0.25, -0.2) is 24.9 Å². The SMILES string of the molecule is [2H]C([2H])([2H])n1ncc2c(-c3nc(N)c4c(n3)NC(=O)C4(c3nc(CC(C)(C)C(=O)O)cs3)C3CC3)nc(CCC(F)(F)C(F)(F)F)nc21. The number of nitrogen functional groups attached to an aromatic ring is 1. The zero-order valence-electron chi connectivity index (χ0n) is 26.5. The van der Waals surface area contributed by atoms with E-state index in [-0.39, 0.29) is 46.4 Å². The molecule has 0 radical (unpaired) electrons. The molecule has 18 heteroatoms. The fourth-order valence-corrected chi connectivity index (χ4v) is 6.51. The summed E-state index contributed by atoms with van der Waals surface area (Å²) in [4.78, 5) is 47.1. The van der Waals surface area contributed by atoms with Crippen LogP contribution in [0.2, 0.25) is 0 Å². The van der Waals surface area contributed by atoms with Crippen LogP contribution in [0, 0.1) is 11.3 Å². The molecule has 0 bridgehead atoms. The molecule has 4 aromatic heterocycles. The largest absolute Gasteiger partial charge is 0.481 e. The van der Waals surface area contributed by atoms with Gasteiger partial charge in [0.25, 0.3) is 0 Å². The third-order valence-corrected chi connectivity index (χ3v) is 8.99. The van der Waals surface area contributed by atoms with Gasteiger partial charge in [-0.2, -0.15) is 27.1 Å². The highest BCUT2D eigenvalue weighted by atomic mass is 32.1. The monoisotopic (exact) mass is 654 g/mol. The van der Waals surface area contributed by atoms with Crippen molar-refractivity contribution in [2.75, 3.05) is 11.1 Å². The Bertz CT molecular complexity index is 1980. The Balaban J connectivity index is 1.47. The number of hydrogen-bond donors (Lipinski definition) is 3. The van der Waals surface area contributed by atoms with Gasteiger partial charge in [0, 0.05) is 35.7 Å². The van der Waals surface area contributed by atoms with Gasteiger partial charge in [0.15, 0.2) is 11.5 Å². The van der Waals surface area contributed by atoms with E-state index in [0.29, 0.717) is 28.2 Å². The van der Waals surface area contributed by atoms with E-state index in [1.165, 1.54) is 0 Å². The molecule has 238 valence electrons. The summed E-state index contributed by atoms with van der Waals surface area (Å²) in [6.45, 7) is 0.187. The van der Waals surface area contributed by atoms with Crippen molar-refractivity contribution in [3.05, 3.63) is 33.7 Å². The molecule has 1 aliphatic carbocycles. The van der Waals surface area contributed by atoms with Gasteiger partial charge < -0.3 is 16.2 Å². The number of fused-ring (bicyclic) bond motifs is 2. The third-order valence-electron chi connectivity index (χ3n) is 7.97. The summed E-state index contributed by atoms with van der Waals surface area (Å²) >= 11 is 1.16. The predicted molar refractivity (Wildman–Crippen MR) is 150 cm³/mol. The first-order valence-corrected chi connectivity index (χ1v) is 14.4. The number of aryl methyl sites for hydroxylation is 2. The van der Waals surface area contributed by atoms with E-state index in [2.05, 4.69) is 35.3 Å². The minimum atomic E-state index is -5.84. The second kappa shape index (κ2) is 10.1. The quantitative estimate of drug-likeness (QED) is 0.221. The summed E-state index contributed by atoms with van der Waals surface area (Å²) in [5, 5.41) is 18.1. The maximum absolute atomic E-state index is 13.9. The number of carbonyl (C=O) groups excluding carboxylic acids is 1. The highest BCUT2D eigenvalue weighted by Gasteiger charge is 2.61. The Hall–Kier alpha value is -4.35. The van der Waals surface area contributed by atoms with E-state index in [1.54, 1.807) is 19.2 Å². The molecule has 2 aliphatic rings. The number of amides is 1. The second-order valence-electron chi connectivity index (χ2n) is 11.7. The Morgan fingerprint density at radius 3 is 2.58 bits per heavy atom. The number of nitrogens with two attached hydrogens (primary N) is 1. The third kappa shape index (κ3) is 4.94. The molecule has 1 amide bonds. The fourth-order valence-electron chi connectivity index (χ4n) is 5.41. The minimum absolute atomic E-state index is 0.0304. The minimum Gasteiger partial charge on any atom is -0.481 e. The number of carboxylic acids is 1. The van der Waals surface area contributed by atoms with Crippen LogP contribution in [0.15, 0.2) is 11.6 Å². The van der Waals surface area contributed by atoms with Crippen molar-refractivity contribution in [3.63, 3.8) is 0 Å². The molecule has 12 nitrogen and oxygen atoms in total. The Morgan fingerprint density at radius 1 is 1.20 bits per heavy atom. The summed E-state index contributed by atoms with van der Waals surface area (Å²) in [6, 6.07) is 0. The maximum Gasteiger partial charge on any atom is 0.453 e. The van der Waals surface area contributed by atoms with Gasteiger partial charge in [-0.3, -0.25) is 14.3 Å². The molecule has 45 heavy (non-hydrogen) atoms. The number of alkyl halides is 5. The maximum atomic E-state index is 13.9. The number of rotatable bonds is 9.